The molecular formula is C15H16O3S. The number of aliphatic carboxylic acids is 1. The number of thiophene rings is 1. The highest BCUT2D eigenvalue weighted by atomic mass is 32.1. The lowest BCUT2D eigenvalue weighted by Gasteiger charge is -2.11. The fourth-order valence-corrected chi connectivity index (χ4v) is 2.78. The van der Waals surface area contributed by atoms with Crippen LogP contribution >= 0.6 is 11.3 Å². The highest BCUT2D eigenvalue weighted by Gasteiger charge is 2.21. The monoisotopic (exact) mass is 276 g/mol. The molecule has 1 unspecified atom stereocenters. The number of carbonyl (C=O) groups is 1. The van der Waals surface area contributed by atoms with Crippen molar-refractivity contribution in [2.24, 2.45) is 0 Å². The summed E-state index contributed by atoms with van der Waals surface area (Å²) < 4.78 is 5.43. The molecule has 3 nitrogen and oxygen atoms in total. The Morgan fingerprint density at radius 2 is 2.21 bits per heavy atom. The van der Waals surface area contributed by atoms with E-state index in [4.69, 9.17) is 4.74 Å². The van der Waals surface area contributed by atoms with E-state index in [-0.39, 0.29) is 0 Å². The lowest BCUT2D eigenvalue weighted by molar-refractivity contribution is -0.138. The number of rotatable bonds is 6. The number of carboxylic acids is 1. The molecular weight excluding hydrogens is 260 g/mol. The molecule has 0 bridgehead atoms. The Kier molecular flexibility index (Phi) is 4.58. The quantitative estimate of drug-likeness (QED) is 0.877. The zero-order valence-electron chi connectivity index (χ0n) is 10.7. The van der Waals surface area contributed by atoms with Crippen LogP contribution in [0.15, 0.2) is 41.8 Å². The van der Waals surface area contributed by atoms with E-state index in [0.717, 1.165) is 16.2 Å². The fourth-order valence-electron chi connectivity index (χ4n) is 1.96. The van der Waals surface area contributed by atoms with Crippen LogP contribution in [0.2, 0.25) is 0 Å². The number of ether oxygens (including phenoxy) is 1. The lowest BCUT2D eigenvalue weighted by Crippen LogP contribution is -2.13. The van der Waals surface area contributed by atoms with Crippen molar-refractivity contribution in [1.29, 1.82) is 0 Å². The third-order valence-corrected chi connectivity index (χ3v) is 3.82. The van der Waals surface area contributed by atoms with Gasteiger partial charge in [0.05, 0.1) is 12.5 Å². The molecule has 0 spiro atoms. The van der Waals surface area contributed by atoms with Crippen molar-refractivity contribution >= 4 is 17.3 Å². The van der Waals surface area contributed by atoms with Crippen molar-refractivity contribution < 1.29 is 14.6 Å². The Bertz CT molecular complexity index is 534. The van der Waals surface area contributed by atoms with Gasteiger partial charge in [0, 0.05) is 4.88 Å². The zero-order chi connectivity index (χ0) is 13.7. The summed E-state index contributed by atoms with van der Waals surface area (Å²) in [6.45, 7) is 2.54. The molecule has 2 rings (SSSR count). The predicted molar refractivity (Wildman–Crippen MR) is 76.0 cm³/mol. The van der Waals surface area contributed by atoms with Crippen LogP contribution in [0.4, 0.5) is 0 Å². The molecule has 0 amide bonds. The van der Waals surface area contributed by atoms with Crippen molar-refractivity contribution in [2.75, 3.05) is 6.61 Å². The van der Waals surface area contributed by atoms with Gasteiger partial charge in [0.15, 0.2) is 0 Å². The molecule has 19 heavy (non-hydrogen) atoms. The van der Waals surface area contributed by atoms with Gasteiger partial charge in [-0.1, -0.05) is 18.2 Å². The first-order chi connectivity index (χ1) is 9.20. The van der Waals surface area contributed by atoms with Crippen molar-refractivity contribution in [3.8, 4) is 5.75 Å². The van der Waals surface area contributed by atoms with Gasteiger partial charge in [0.2, 0.25) is 0 Å². The molecule has 100 valence electrons. The Morgan fingerprint density at radius 1 is 1.37 bits per heavy atom. The average Bonchev–Trinajstić information content (AvgIpc) is 2.90. The Morgan fingerprint density at radius 3 is 2.84 bits per heavy atom. The van der Waals surface area contributed by atoms with E-state index in [1.54, 1.807) is 0 Å². The molecule has 0 fully saturated rings. The van der Waals surface area contributed by atoms with Crippen LogP contribution in [-0.4, -0.2) is 17.7 Å². The molecule has 4 heteroatoms. The molecule has 1 N–H and O–H groups in total. The number of hydrogen-bond donors (Lipinski definition) is 1. The summed E-state index contributed by atoms with van der Waals surface area (Å²) in [5.74, 6) is -0.489. The Hall–Kier alpha value is -1.81. The van der Waals surface area contributed by atoms with Crippen LogP contribution in [0.3, 0.4) is 0 Å². The lowest BCUT2D eigenvalue weighted by atomic mass is 9.98. The molecule has 1 aromatic heterocycles. The highest BCUT2D eigenvalue weighted by molar-refractivity contribution is 7.10. The van der Waals surface area contributed by atoms with Gasteiger partial charge in [-0.05, 0) is 42.5 Å². The molecule has 1 atom stereocenters. The van der Waals surface area contributed by atoms with E-state index in [1.165, 1.54) is 11.3 Å². The summed E-state index contributed by atoms with van der Waals surface area (Å²) in [7, 11) is 0. The van der Waals surface area contributed by atoms with Gasteiger partial charge in [-0.3, -0.25) is 4.79 Å². The third-order valence-electron chi connectivity index (χ3n) is 2.83. The van der Waals surface area contributed by atoms with Crippen LogP contribution in [0.1, 0.15) is 23.3 Å². The standard InChI is InChI=1S/C15H16O3S/c1-2-18-12-6-3-5-11(9-12)10-13(15(16)17)14-7-4-8-19-14/h3-9,13H,2,10H2,1H3,(H,16,17). The first-order valence-corrected chi connectivity index (χ1v) is 7.06. The van der Waals surface area contributed by atoms with Gasteiger partial charge in [-0.2, -0.15) is 0 Å². The molecule has 0 aliphatic rings. The Labute approximate surface area is 116 Å². The minimum Gasteiger partial charge on any atom is -0.494 e. The number of hydrogen-bond acceptors (Lipinski definition) is 3. The number of carboxylic acid groups (broad SMARTS) is 1. The Balaban J connectivity index is 2.18. The molecule has 0 saturated heterocycles. The van der Waals surface area contributed by atoms with Gasteiger partial charge in [0.1, 0.15) is 5.75 Å². The summed E-state index contributed by atoms with van der Waals surface area (Å²) in [4.78, 5) is 12.3. The summed E-state index contributed by atoms with van der Waals surface area (Å²) in [6, 6.07) is 11.4. The predicted octanol–water partition coefficient (Wildman–Crippen LogP) is 3.56. The van der Waals surface area contributed by atoms with E-state index in [1.807, 2.05) is 48.7 Å². The molecule has 0 aliphatic heterocycles. The zero-order valence-corrected chi connectivity index (χ0v) is 11.5. The maximum Gasteiger partial charge on any atom is 0.312 e. The van der Waals surface area contributed by atoms with E-state index >= 15 is 0 Å². The van der Waals surface area contributed by atoms with Gasteiger partial charge in [-0.25, -0.2) is 0 Å². The second-order valence-electron chi connectivity index (χ2n) is 4.19. The van der Waals surface area contributed by atoms with Crippen molar-refractivity contribution in [3.63, 3.8) is 0 Å². The normalized spacial score (nSPS) is 12.1. The smallest absolute Gasteiger partial charge is 0.312 e. The van der Waals surface area contributed by atoms with Crippen LogP contribution in [0.25, 0.3) is 0 Å². The maximum atomic E-state index is 11.4. The first kappa shape index (κ1) is 13.6. The summed E-state index contributed by atoms with van der Waals surface area (Å²) in [6.07, 6.45) is 0.483. The second kappa shape index (κ2) is 6.38. The molecule has 1 aromatic carbocycles. The van der Waals surface area contributed by atoms with Crippen molar-refractivity contribution in [1.82, 2.24) is 0 Å². The largest absolute Gasteiger partial charge is 0.494 e. The summed E-state index contributed by atoms with van der Waals surface area (Å²) in [5, 5.41) is 11.3. The fraction of sp³-hybridized carbons (Fsp3) is 0.267. The van der Waals surface area contributed by atoms with Crippen LogP contribution in [0, 0.1) is 0 Å². The van der Waals surface area contributed by atoms with Crippen LogP contribution in [-0.2, 0) is 11.2 Å². The molecule has 2 aromatic rings. The number of benzene rings is 1. The topological polar surface area (TPSA) is 46.5 Å². The second-order valence-corrected chi connectivity index (χ2v) is 5.17. The molecule has 0 saturated carbocycles. The van der Waals surface area contributed by atoms with Crippen LogP contribution < -0.4 is 4.74 Å². The molecule has 1 heterocycles. The molecule has 0 radical (unpaired) electrons. The van der Waals surface area contributed by atoms with E-state index < -0.39 is 11.9 Å². The van der Waals surface area contributed by atoms with E-state index in [2.05, 4.69) is 0 Å². The van der Waals surface area contributed by atoms with Gasteiger partial charge in [-0.15, -0.1) is 11.3 Å². The van der Waals surface area contributed by atoms with Gasteiger partial charge < -0.3 is 9.84 Å². The minimum absolute atomic E-state index is 0.483. The maximum absolute atomic E-state index is 11.4. The minimum atomic E-state index is -0.788. The van der Waals surface area contributed by atoms with Crippen LogP contribution in [0.5, 0.6) is 5.75 Å². The van der Waals surface area contributed by atoms with Gasteiger partial charge >= 0.3 is 5.97 Å². The van der Waals surface area contributed by atoms with E-state index in [0.29, 0.717) is 13.0 Å². The first-order valence-electron chi connectivity index (χ1n) is 6.18. The SMILES string of the molecule is CCOc1cccc(CC(C(=O)O)c2cccs2)c1. The van der Waals surface area contributed by atoms with Crippen molar-refractivity contribution in [3.05, 3.63) is 52.2 Å². The average molecular weight is 276 g/mol. The van der Waals surface area contributed by atoms with E-state index in [9.17, 15) is 9.90 Å². The highest BCUT2D eigenvalue weighted by Crippen LogP contribution is 2.26. The summed E-state index contributed by atoms with van der Waals surface area (Å²) >= 11 is 1.48. The van der Waals surface area contributed by atoms with Crippen molar-refractivity contribution in [2.45, 2.75) is 19.3 Å². The van der Waals surface area contributed by atoms with Gasteiger partial charge in [0.25, 0.3) is 0 Å². The molecule has 0 aliphatic carbocycles. The third kappa shape index (κ3) is 3.58. The summed E-state index contributed by atoms with van der Waals surface area (Å²) in [5.41, 5.74) is 0.978.